The fourth-order valence-electron chi connectivity index (χ4n) is 6.71. The Balaban J connectivity index is 1.53. The largest absolute Gasteiger partial charge is 0.311 e. The molecule has 1 amide bonds. The van der Waals surface area contributed by atoms with Crippen LogP contribution >= 0.6 is 0 Å². The summed E-state index contributed by atoms with van der Waals surface area (Å²) in [5.41, 5.74) is 3.90. The van der Waals surface area contributed by atoms with Crippen LogP contribution in [0.2, 0.25) is 0 Å². The number of rotatable bonds is 1. The van der Waals surface area contributed by atoms with E-state index in [0.717, 1.165) is 37.1 Å². The molecule has 0 saturated heterocycles. The SMILES string of the molecule is Cc1cccc2c1N(C(=O)C13CC4CC(CC(C4)C1)C3)CCC2. The fraction of sp³-hybridized carbons (Fsp3) is 0.667. The Bertz CT molecular complexity index is 627. The molecule has 4 bridgehead atoms. The smallest absolute Gasteiger partial charge is 0.233 e. The number of carbonyl (C=O) groups is 1. The summed E-state index contributed by atoms with van der Waals surface area (Å²) < 4.78 is 0. The number of amides is 1. The Morgan fingerprint density at radius 1 is 1.09 bits per heavy atom. The minimum absolute atomic E-state index is 0.00829. The number of benzene rings is 1. The summed E-state index contributed by atoms with van der Waals surface area (Å²) >= 11 is 0. The molecule has 0 atom stereocenters. The van der Waals surface area contributed by atoms with E-state index in [1.165, 1.54) is 55.3 Å². The number of carbonyl (C=O) groups excluding carboxylic acids is 1. The zero-order valence-electron chi connectivity index (χ0n) is 14.2. The zero-order chi connectivity index (χ0) is 15.6. The van der Waals surface area contributed by atoms with Crippen molar-refractivity contribution in [3.05, 3.63) is 29.3 Å². The van der Waals surface area contributed by atoms with Gasteiger partial charge in [-0.2, -0.15) is 0 Å². The molecule has 4 saturated carbocycles. The first-order chi connectivity index (χ1) is 11.1. The van der Waals surface area contributed by atoms with Crippen molar-refractivity contribution in [1.82, 2.24) is 0 Å². The molecule has 122 valence electrons. The predicted octanol–water partition coefficient (Wildman–Crippen LogP) is 4.49. The lowest BCUT2D eigenvalue weighted by atomic mass is 9.49. The minimum atomic E-state index is -0.00829. The van der Waals surface area contributed by atoms with E-state index in [-0.39, 0.29) is 5.41 Å². The first kappa shape index (κ1) is 14.1. The van der Waals surface area contributed by atoms with Gasteiger partial charge in [0.05, 0.1) is 5.41 Å². The van der Waals surface area contributed by atoms with Gasteiger partial charge in [0.2, 0.25) is 5.91 Å². The van der Waals surface area contributed by atoms with E-state index in [1.807, 2.05) is 0 Å². The van der Waals surface area contributed by atoms with Gasteiger partial charge in [0.15, 0.2) is 0 Å². The molecular formula is C21H27NO. The molecule has 0 N–H and O–H groups in total. The summed E-state index contributed by atoms with van der Waals surface area (Å²) in [5.74, 6) is 3.00. The van der Waals surface area contributed by atoms with E-state index in [1.54, 1.807) is 0 Å². The number of fused-ring (bicyclic) bond motifs is 1. The standard InChI is InChI=1S/C21H27NO/c1-14-4-2-5-18-6-3-7-22(19(14)18)20(23)21-11-15-8-16(12-21)10-17(9-15)13-21/h2,4-5,15-17H,3,6-13H2,1H3. The topological polar surface area (TPSA) is 20.3 Å². The molecule has 1 aromatic rings. The highest BCUT2D eigenvalue weighted by atomic mass is 16.2. The summed E-state index contributed by atoms with van der Waals surface area (Å²) in [5, 5.41) is 0. The van der Waals surface area contributed by atoms with Crippen LogP contribution in [0.3, 0.4) is 0 Å². The van der Waals surface area contributed by atoms with Gasteiger partial charge in [-0.3, -0.25) is 4.79 Å². The lowest BCUT2D eigenvalue weighted by molar-refractivity contribution is -0.143. The second kappa shape index (κ2) is 4.84. The number of hydrogen-bond acceptors (Lipinski definition) is 1. The van der Waals surface area contributed by atoms with Crippen LogP contribution in [0.4, 0.5) is 5.69 Å². The van der Waals surface area contributed by atoms with Crippen LogP contribution in [0.15, 0.2) is 18.2 Å². The first-order valence-corrected chi connectivity index (χ1v) is 9.55. The zero-order valence-corrected chi connectivity index (χ0v) is 14.2. The molecule has 5 aliphatic rings. The number of aryl methyl sites for hydroxylation is 2. The Kier molecular flexibility index (Phi) is 2.96. The van der Waals surface area contributed by atoms with E-state index >= 15 is 0 Å². The minimum Gasteiger partial charge on any atom is -0.311 e. The van der Waals surface area contributed by atoms with Crippen LogP contribution in [-0.4, -0.2) is 12.5 Å². The normalized spacial score (nSPS) is 37.8. The van der Waals surface area contributed by atoms with E-state index < -0.39 is 0 Å². The van der Waals surface area contributed by atoms with Gasteiger partial charge in [0.1, 0.15) is 0 Å². The Morgan fingerprint density at radius 2 is 1.74 bits per heavy atom. The van der Waals surface area contributed by atoms with Crippen LogP contribution < -0.4 is 4.90 Å². The van der Waals surface area contributed by atoms with Gasteiger partial charge in [-0.25, -0.2) is 0 Å². The Hall–Kier alpha value is -1.31. The molecule has 1 aromatic carbocycles. The Morgan fingerprint density at radius 3 is 2.39 bits per heavy atom. The van der Waals surface area contributed by atoms with Gasteiger partial charge in [0.25, 0.3) is 0 Å². The van der Waals surface area contributed by atoms with Gasteiger partial charge < -0.3 is 4.90 Å². The number of para-hydroxylation sites is 1. The van der Waals surface area contributed by atoms with E-state index in [0.29, 0.717) is 5.91 Å². The third-order valence-electron chi connectivity index (χ3n) is 7.16. The van der Waals surface area contributed by atoms with Gasteiger partial charge in [-0.05, 0) is 87.2 Å². The molecule has 1 aliphatic heterocycles. The van der Waals surface area contributed by atoms with E-state index in [2.05, 4.69) is 30.0 Å². The molecule has 23 heavy (non-hydrogen) atoms. The summed E-state index contributed by atoms with van der Waals surface area (Å²) in [6, 6.07) is 6.54. The maximum atomic E-state index is 13.7. The highest BCUT2D eigenvalue weighted by Crippen LogP contribution is 2.61. The van der Waals surface area contributed by atoms with Gasteiger partial charge in [-0.1, -0.05) is 18.2 Å². The molecule has 0 unspecified atom stereocenters. The molecular weight excluding hydrogens is 282 g/mol. The predicted molar refractivity (Wildman–Crippen MR) is 92.5 cm³/mol. The second-order valence-electron chi connectivity index (χ2n) is 8.84. The average molecular weight is 309 g/mol. The van der Waals surface area contributed by atoms with Crippen molar-refractivity contribution in [2.45, 2.75) is 58.3 Å². The highest BCUT2D eigenvalue weighted by Gasteiger charge is 2.56. The maximum Gasteiger partial charge on any atom is 0.233 e. The van der Waals surface area contributed by atoms with Gasteiger partial charge in [0, 0.05) is 12.2 Å². The first-order valence-electron chi connectivity index (χ1n) is 9.55. The van der Waals surface area contributed by atoms with Crippen LogP contribution in [-0.2, 0) is 11.2 Å². The summed E-state index contributed by atoms with van der Waals surface area (Å²) in [7, 11) is 0. The lowest BCUT2D eigenvalue weighted by Crippen LogP contribution is -2.55. The van der Waals surface area contributed by atoms with Crippen molar-refractivity contribution >= 4 is 11.6 Å². The molecule has 6 rings (SSSR count). The van der Waals surface area contributed by atoms with Crippen LogP contribution in [0, 0.1) is 30.1 Å². The lowest BCUT2D eigenvalue weighted by Gasteiger charge is -2.57. The van der Waals surface area contributed by atoms with Gasteiger partial charge >= 0.3 is 0 Å². The molecule has 4 fully saturated rings. The van der Waals surface area contributed by atoms with E-state index in [9.17, 15) is 4.79 Å². The third kappa shape index (κ3) is 2.03. The van der Waals surface area contributed by atoms with E-state index in [4.69, 9.17) is 0 Å². The quantitative estimate of drug-likeness (QED) is 0.748. The van der Waals surface area contributed by atoms with Crippen molar-refractivity contribution in [2.24, 2.45) is 23.2 Å². The van der Waals surface area contributed by atoms with Crippen molar-refractivity contribution < 1.29 is 4.79 Å². The van der Waals surface area contributed by atoms with Crippen molar-refractivity contribution in [3.8, 4) is 0 Å². The number of hydrogen-bond donors (Lipinski definition) is 0. The molecule has 4 aliphatic carbocycles. The number of anilines is 1. The van der Waals surface area contributed by atoms with Crippen LogP contribution in [0.5, 0.6) is 0 Å². The second-order valence-corrected chi connectivity index (χ2v) is 8.84. The van der Waals surface area contributed by atoms with Crippen LogP contribution in [0.25, 0.3) is 0 Å². The maximum absolute atomic E-state index is 13.7. The molecule has 2 nitrogen and oxygen atoms in total. The summed E-state index contributed by atoms with van der Waals surface area (Å²) in [6.45, 7) is 3.10. The molecule has 0 spiro atoms. The van der Waals surface area contributed by atoms with Crippen molar-refractivity contribution in [2.75, 3.05) is 11.4 Å². The third-order valence-corrected chi connectivity index (χ3v) is 7.16. The summed E-state index contributed by atoms with van der Waals surface area (Å²) in [4.78, 5) is 15.9. The highest BCUT2D eigenvalue weighted by molar-refractivity contribution is 5.99. The Labute approximate surface area is 139 Å². The molecule has 0 aromatic heterocycles. The molecule has 2 heteroatoms. The fourth-order valence-corrected chi connectivity index (χ4v) is 6.71. The molecule has 1 heterocycles. The van der Waals surface area contributed by atoms with Gasteiger partial charge in [-0.15, -0.1) is 0 Å². The summed E-state index contributed by atoms with van der Waals surface area (Å²) in [6.07, 6.45) is 9.99. The average Bonchev–Trinajstić information content (AvgIpc) is 2.52. The van der Waals surface area contributed by atoms with Crippen LogP contribution in [0.1, 0.15) is 56.1 Å². The molecule has 0 radical (unpaired) electrons. The van der Waals surface area contributed by atoms with Crippen molar-refractivity contribution in [1.29, 1.82) is 0 Å². The van der Waals surface area contributed by atoms with Crippen molar-refractivity contribution in [3.63, 3.8) is 0 Å². The number of nitrogens with zero attached hydrogens (tertiary/aromatic N) is 1. The monoisotopic (exact) mass is 309 g/mol.